The lowest BCUT2D eigenvalue weighted by atomic mass is 10.2. The number of hydrogen-bond acceptors (Lipinski definition) is 7. The first-order valence-corrected chi connectivity index (χ1v) is 9.74. The van der Waals surface area contributed by atoms with Gasteiger partial charge in [-0.3, -0.25) is 4.79 Å². The summed E-state index contributed by atoms with van der Waals surface area (Å²) in [5, 5.41) is 8.70. The Morgan fingerprint density at radius 3 is 2.89 bits per heavy atom. The summed E-state index contributed by atoms with van der Waals surface area (Å²) in [6.45, 7) is 8.20. The molecule has 9 heteroatoms. The molecule has 1 atom stereocenters. The molecule has 4 aromatic rings. The predicted molar refractivity (Wildman–Crippen MR) is 107 cm³/mol. The van der Waals surface area contributed by atoms with Crippen molar-refractivity contribution in [2.24, 2.45) is 0 Å². The van der Waals surface area contributed by atoms with Crippen LogP contribution in [0.2, 0.25) is 0 Å². The van der Waals surface area contributed by atoms with Crippen molar-refractivity contribution in [2.45, 2.75) is 40.3 Å². The van der Waals surface area contributed by atoms with Crippen molar-refractivity contribution in [3.63, 3.8) is 0 Å². The summed E-state index contributed by atoms with van der Waals surface area (Å²) in [5.41, 5.74) is 2.56. The van der Waals surface area contributed by atoms with Crippen LogP contribution < -0.4 is 5.56 Å². The molecule has 0 fully saturated rings. The summed E-state index contributed by atoms with van der Waals surface area (Å²) in [5.74, 6) is -0.188. The molecule has 1 aromatic carbocycles. The van der Waals surface area contributed by atoms with Gasteiger partial charge in [0.2, 0.25) is 0 Å². The van der Waals surface area contributed by atoms with Crippen LogP contribution in [0.15, 0.2) is 23.0 Å². The van der Waals surface area contributed by atoms with Gasteiger partial charge in [-0.1, -0.05) is 5.21 Å². The highest BCUT2D eigenvalue weighted by molar-refractivity contribution is 7.18. The molecule has 3 aromatic heterocycles. The van der Waals surface area contributed by atoms with Gasteiger partial charge in [0.05, 0.1) is 16.5 Å². The third-order valence-corrected chi connectivity index (χ3v) is 5.88. The zero-order chi connectivity index (χ0) is 20.0. The predicted octanol–water partition coefficient (Wildman–Crippen LogP) is 3.28. The average Bonchev–Trinajstić information content (AvgIpc) is 3.21. The molecule has 0 spiro atoms. The van der Waals surface area contributed by atoms with Gasteiger partial charge in [-0.25, -0.2) is 14.5 Å². The van der Waals surface area contributed by atoms with Crippen LogP contribution in [0.25, 0.3) is 21.3 Å². The molecule has 0 aliphatic carbocycles. The topological polar surface area (TPSA) is 103 Å². The average molecular weight is 397 g/mol. The fourth-order valence-corrected chi connectivity index (χ4v) is 4.12. The molecule has 1 unspecified atom stereocenters. The Bertz CT molecular complexity index is 1270. The number of H-pyrrole nitrogens is 1. The van der Waals surface area contributed by atoms with E-state index in [2.05, 4.69) is 20.3 Å². The van der Waals surface area contributed by atoms with Gasteiger partial charge in [0, 0.05) is 11.4 Å². The molecule has 0 aliphatic rings. The number of carbonyl (C=O) groups is 1. The van der Waals surface area contributed by atoms with Crippen molar-refractivity contribution in [2.75, 3.05) is 0 Å². The number of rotatable bonds is 4. The molecule has 0 aliphatic heterocycles. The van der Waals surface area contributed by atoms with Gasteiger partial charge < -0.3 is 9.72 Å². The first-order valence-electron chi connectivity index (χ1n) is 8.93. The van der Waals surface area contributed by atoms with Crippen molar-refractivity contribution in [3.05, 3.63) is 50.4 Å². The number of ether oxygens (including phenoxy) is 1. The van der Waals surface area contributed by atoms with E-state index in [9.17, 15) is 9.59 Å². The van der Waals surface area contributed by atoms with Gasteiger partial charge in [-0.05, 0) is 51.5 Å². The Hall–Kier alpha value is -3.07. The van der Waals surface area contributed by atoms with Crippen LogP contribution in [0, 0.1) is 13.8 Å². The SMILES string of the molecule is CCn1nnc2cc(C(=O)OC(C)c3nc4sc(C)c(C)c4c(=O)[nH]3)ccc21. The number of esters is 1. The second-order valence-corrected chi connectivity index (χ2v) is 7.77. The summed E-state index contributed by atoms with van der Waals surface area (Å²) < 4.78 is 7.28. The van der Waals surface area contributed by atoms with E-state index in [0.717, 1.165) is 16.0 Å². The number of aromatic nitrogens is 5. The van der Waals surface area contributed by atoms with Crippen LogP contribution in [-0.2, 0) is 11.3 Å². The Balaban J connectivity index is 1.61. The summed E-state index contributed by atoms with van der Waals surface area (Å²) in [6.07, 6.45) is -0.700. The quantitative estimate of drug-likeness (QED) is 0.530. The minimum atomic E-state index is -0.700. The number of hydrogen-bond donors (Lipinski definition) is 1. The number of aryl methyl sites for hydroxylation is 3. The number of aromatic amines is 1. The lowest BCUT2D eigenvalue weighted by molar-refractivity contribution is 0.0320. The molecular weight excluding hydrogens is 378 g/mol. The minimum absolute atomic E-state index is 0.220. The zero-order valence-corrected chi connectivity index (χ0v) is 16.8. The Morgan fingerprint density at radius 2 is 2.14 bits per heavy atom. The lowest BCUT2D eigenvalue weighted by Crippen LogP contribution is -2.17. The van der Waals surface area contributed by atoms with Crippen molar-refractivity contribution in [1.82, 2.24) is 25.0 Å². The van der Waals surface area contributed by atoms with Gasteiger partial charge in [0.1, 0.15) is 10.3 Å². The molecule has 28 heavy (non-hydrogen) atoms. The second kappa shape index (κ2) is 6.83. The Morgan fingerprint density at radius 1 is 1.36 bits per heavy atom. The highest BCUT2D eigenvalue weighted by atomic mass is 32.1. The maximum absolute atomic E-state index is 12.6. The van der Waals surface area contributed by atoms with E-state index in [1.807, 2.05) is 20.8 Å². The smallest absolute Gasteiger partial charge is 0.338 e. The summed E-state index contributed by atoms with van der Waals surface area (Å²) in [7, 11) is 0. The van der Waals surface area contributed by atoms with E-state index < -0.39 is 12.1 Å². The molecule has 1 N–H and O–H groups in total. The van der Waals surface area contributed by atoms with Crippen LogP contribution in [-0.4, -0.2) is 30.9 Å². The van der Waals surface area contributed by atoms with E-state index in [1.165, 1.54) is 11.3 Å². The van der Waals surface area contributed by atoms with Crippen molar-refractivity contribution < 1.29 is 9.53 Å². The lowest BCUT2D eigenvalue weighted by Gasteiger charge is -2.12. The summed E-state index contributed by atoms with van der Waals surface area (Å²) >= 11 is 1.46. The molecule has 0 bridgehead atoms. The fourth-order valence-electron chi connectivity index (χ4n) is 3.08. The first-order chi connectivity index (χ1) is 13.4. The van der Waals surface area contributed by atoms with Gasteiger partial charge in [-0.15, -0.1) is 16.4 Å². The van der Waals surface area contributed by atoms with Crippen LogP contribution in [0.5, 0.6) is 0 Å². The van der Waals surface area contributed by atoms with Crippen molar-refractivity contribution in [3.8, 4) is 0 Å². The first kappa shape index (κ1) is 18.3. The monoisotopic (exact) mass is 397 g/mol. The minimum Gasteiger partial charge on any atom is -0.451 e. The van der Waals surface area contributed by atoms with E-state index in [1.54, 1.807) is 29.8 Å². The number of carbonyl (C=O) groups excluding carboxylic acids is 1. The highest BCUT2D eigenvalue weighted by Gasteiger charge is 2.19. The number of thiophene rings is 1. The zero-order valence-electron chi connectivity index (χ0n) is 15.9. The molecule has 0 radical (unpaired) electrons. The maximum atomic E-state index is 12.6. The molecule has 0 saturated heterocycles. The van der Waals surface area contributed by atoms with Crippen molar-refractivity contribution in [1.29, 1.82) is 0 Å². The Kier molecular flexibility index (Phi) is 4.46. The third-order valence-electron chi connectivity index (χ3n) is 4.78. The second-order valence-electron chi connectivity index (χ2n) is 6.57. The number of nitrogens with one attached hydrogen (secondary N) is 1. The number of benzene rings is 1. The molecule has 8 nitrogen and oxygen atoms in total. The maximum Gasteiger partial charge on any atom is 0.338 e. The van der Waals surface area contributed by atoms with Crippen LogP contribution >= 0.6 is 11.3 Å². The van der Waals surface area contributed by atoms with Gasteiger partial charge in [0.25, 0.3) is 5.56 Å². The van der Waals surface area contributed by atoms with Crippen molar-refractivity contribution >= 4 is 38.6 Å². The van der Waals surface area contributed by atoms with E-state index >= 15 is 0 Å². The molecule has 3 heterocycles. The standard InChI is InChI=1S/C19H19N5O3S/c1-5-24-14-7-6-12(8-13(14)22-23-24)19(26)27-10(3)16-20-17(25)15-9(2)11(4)28-18(15)21-16/h6-8,10H,5H2,1-4H3,(H,20,21,25). The number of nitrogens with zero attached hydrogens (tertiary/aromatic N) is 4. The van der Waals surface area contributed by atoms with Crippen LogP contribution in [0.3, 0.4) is 0 Å². The van der Waals surface area contributed by atoms with Gasteiger partial charge >= 0.3 is 5.97 Å². The number of fused-ring (bicyclic) bond motifs is 2. The van der Waals surface area contributed by atoms with E-state index in [0.29, 0.717) is 33.7 Å². The normalized spacial score (nSPS) is 12.6. The highest BCUT2D eigenvalue weighted by Crippen LogP contribution is 2.27. The fraction of sp³-hybridized carbons (Fsp3) is 0.316. The Labute approximate surface area is 164 Å². The third kappa shape index (κ3) is 2.97. The molecule has 0 amide bonds. The summed E-state index contributed by atoms with van der Waals surface area (Å²) in [6, 6.07) is 5.12. The van der Waals surface area contributed by atoms with Gasteiger partial charge in [-0.2, -0.15) is 0 Å². The summed E-state index contributed by atoms with van der Waals surface area (Å²) in [4.78, 5) is 33.9. The van der Waals surface area contributed by atoms with Gasteiger partial charge in [0.15, 0.2) is 11.9 Å². The molecule has 144 valence electrons. The van der Waals surface area contributed by atoms with E-state index in [-0.39, 0.29) is 5.56 Å². The largest absolute Gasteiger partial charge is 0.451 e. The molecular formula is C19H19N5O3S. The van der Waals surface area contributed by atoms with Crippen LogP contribution in [0.1, 0.15) is 46.6 Å². The molecule has 4 rings (SSSR count). The van der Waals surface area contributed by atoms with E-state index in [4.69, 9.17) is 4.74 Å². The van der Waals surface area contributed by atoms with Crippen LogP contribution in [0.4, 0.5) is 0 Å². The molecule has 0 saturated carbocycles.